The molecule has 2 nitrogen and oxygen atoms in total. The summed E-state index contributed by atoms with van der Waals surface area (Å²) in [5, 5.41) is 9.86. The van der Waals surface area contributed by atoms with Crippen LogP contribution in [0.3, 0.4) is 0 Å². The predicted octanol–water partition coefficient (Wildman–Crippen LogP) is 3.88. The van der Waals surface area contributed by atoms with E-state index in [2.05, 4.69) is 13.8 Å². The second-order valence-corrected chi connectivity index (χ2v) is 5.23. The van der Waals surface area contributed by atoms with Gasteiger partial charge < -0.3 is 5.11 Å². The lowest BCUT2D eigenvalue weighted by Gasteiger charge is -2.34. The Balaban J connectivity index is 2.62. The third kappa shape index (κ3) is 2.09. The Morgan fingerprint density at radius 1 is 1.53 bits per heavy atom. The first-order valence-corrected chi connectivity index (χ1v) is 6.08. The third-order valence-electron chi connectivity index (χ3n) is 3.63. The van der Waals surface area contributed by atoms with Gasteiger partial charge in [-0.15, -0.1) is 0 Å². The average Bonchev–Trinajstić information content (AvgIpc) is 2.29. The van der Waals surface area contributed by atoms with Gasteiger partial charge in [0, 0.05) is 10.6 Å². The Kier molecular flexibility index (Phi) is 3.00. The van der Waals surface area contributed by atoms with E-state index in [4.69, 9.17) is 16.7 Å². The van der Waals surface area contributed by atoms with E-state index in [9.17, 15) is 4.79 Å². The maximum Gasteiger partial charge on any atom is 0.331 e. The largest absolute Gasteiger partial charge is 0.478 e. The van der Waals surface area contributed by atoms with E-state index >= 15 is 0 Å². The van der Waals surface area contributed by atoms with Crippen LogP contribution < -0.4 is 0 Å². The molecule has 1 aliphatic carbocycles. The Hall–Kier alpha value is -1.28. The van der Waals surface area contributed by atoms with Gasteiger partial charge in [-0.05, 0) is 47.6 Å². The molecule has 0 aliphatic heterocycles. The fourth-order valence-corrected chi connectivity index (χ4v) is 2.56. The number of hydrogen-bond donors (Lipinski definition) is 1. The molecule has 1 atom stereocenters. The van der Waals surface area contributed by atoms with Crippen molar-refractivity contribution in [2.45, 2.75) is 32.1 Å². The summed E-state index contributed by atoms with van der Waals surface area (Å²) in [5.41, 5.74) is 2.46. The van der Waals surface area contributed by atoms with E-state index in [1.165, 1.54) is 0 Å². The van der Waals surface area contributed by atoms with E-state index in [0.717, 1.165) is 17.5 Å². The summed E-state index contributed by atoms with van der Waals surface area (Å²) in [6.07, 6.45) is 3.21. The molecule has 1 aromatic rings. The van der Waals surface area contributed by atoms with Crippen LogP contribution in [-0.4, -0.2) is 11.1 Å². The molecule has 0 bridgehead atoms. The lowest BCUT2D eigenvalue weighted by Crippen LogP contribution is -2.27. The molecule has 1 unspecified atom stereocenters. The highest BCUT2D eigenvalue weighted by Gasteiger charge is 2.33. The zero-order valence-corrected chi connectivity index (χ0v) is 10.7. The molecular formula is C14H15ClO2. The van der Waals surface area contributed by atoms with Crippen LogP contribution in [0.2, 0.25) is 5.02 Å². The summed E-state index contributed by atoms with van der Waals surface area (Å²) in [5.74, 6) is -0.828. The highest BCUT2D eigenvalue weighted by Crippen LogP contribution is 2.42. The van der Waals surface area contributed by atoms with Gasteiger partial charge in [0.2, 0.25) is 0 Å². The van der Waals surface area contributed by atoms with Gasteiger partial charge in [0.1, 0.15) is 0 Å². The maximum absolute atomic E-state index is 11.1. The van der Waals surface area contributed by atoms with E-state index in [1.807, 2.05) is 12.1 Å². The first kappa shape index (κ1) is 12.2. The summed E-state index contributed by atoms with van der Waals surface area (Å²) < 4.78 is 0. The molecule has 0 spiro atoms. The van der Waals surface area contributed by atoms with Crippen molar-refractivity contribution in [3.63, 3.8) is 0 Å². The van der Waals surface area contributed by atoms with Crippen molar-refractivity contribution in [2.75, 3.05) is 0 Å². The van der Waals surface area contributed by atoms with Crippen LogP contribution in [0, 0.1) is 0 Å². The molecular weight excluding hydrogens is 236 g/mol. The lowest BCUT2D eigenvalue weighted by molar-refractivity contribution is -0.132. The Labute approximate surface area is 106 Å². The zero-order chi connectivity index (χ0) is 12.6. The number of hydrogen-bond acceptors (Lipinski definition) is 1. The van der Waals surface area contributed by atoms with E-state index < -0.39 is 5.97 Å². The minimum Gasteiger partial charge on any atom is -0.478 e. The van der Waals surface area contributed by atoms with E-state index in [0.29, 0.717) is 17.0 Å². The lowest BCUT2D eigenvalue weighted by atomic mass is 9.70. The third-order valence-corrected chi connectivity index (χ3v) is 3.87. The van der Waals surface area contributed by atoms with Gasteiger partial charge in [0.05, 0.1) is 0 Å². The highest BCUT2D eigenvalue weighted by molar-refractivity contribution is 6.30. The van der Waals surface area contributed by atoms with Crippen LogP contribution >= 0.6 is 11.6 Å². The molecule has 0 saturated heterocycles. The number of carbonyl (C=O) groups is 1. The second kappa shape index (κ2) is 4.19. The van der Waals surface area contributed by atoms with Crippen molar-refractivity contribution in [3.8, 4) is 0 Å². The quantitative estimate of drug-likeness (QED) is 0.865. The van der Waals surface area contributed by atoms with Gasteiger partial charge in [-0.2, -0.15) is 0 Å². The number of rotatable bonds is 2. The minimum atomic E-state index is -0.828. The van der Waals surface area contributed by atoms with Crippen molar-refractivity contribution in [3.05, 3.63) is 39.9 Å². The average molecular weight is 251 g/mol. The summed E-state index contributed by atoms with van der Waals surface area (Å²) in [7, 11) is 0. The summed E-state index contributed by atoms with van der Waals surface area (Å²) >= 11 is 6.02. The molecule has 0 aromatic heterocycles. The first-order valence-electron chi connectivity index (χ1n) is 5.70. The van der Waals surface area contributed by atoms with Crippen LogP contribution in [0.4, 0.5) is 0 Å². The number of fused-ring (bicyclic) bond motifs is 1. The van der Waals surface area contributed by atoms with Crippen molar-refractivity contribution in [1.29, 1.82) is 0 Å². The molecule has 0 saturated carbocycles. The van der Waals surface area contributed by atoms with Crippen LogP contribution in [0.5, 0.6) is 0 Å². The molecule has 1 N–H and O–H groups in total. The number of halogens is 1. The maximum atomic E-state index is 11.1. The predicted molar refractivity (Wildman–Crippen MR) is 69.3 cm³/mol. The van der Waals surface area contributed by atoms with Gasteiger partial charge >= 0.3 is 5.97 Å². The number of aliphatic carboxylic acids is 1. The van der Waals surface area contributed by atoms with E-state index in [-0.39, 0.29) is 5.41 Å². The summed E-state index contributed by atoms with van der Waals surface area (Å²) in [6, 6.07) is 5.65. The SMILES string of the molecule is CCC1(C)CC(C(=O)O)=Cc2ccc(Cl)cc21. The molecule has 0 fully saturated rings. The highest BCUT2D eigenvalue weighted by atomic mass is 35.5. The number of carboxylic acids is 1. The molecule has 90 valence electrons. The minimum absolute atomic E-state index is 0.136. The Morgan fingerprint density at radius 3 is 2.82 bits per heavy atom. The molecule has 3 heteroatoms. The van der Waals surface area contributed by atoms with Crippen molar-refractivity contribution >= 4 is 23.6 Å². The van der Waals surface area contributed by atoms with Gasteiger partial charge in [-0.3, -0.25) is 0 Å². The second-order valence-electron chi connectivity index (χ2n) is 4.80. The first-order chi connectivity index (χ1) is 7.96. The van der Waals surface area contributed by atoms with E-state index in [1.54, 1.807) is 12.1 Å². The fourth-order valence-electron chi connectivity index (χ4n) is 2.38. The molecule has 2 rings (SSSR count). The normalized spacial score (nSPS) is 22.9. The van der Waals surface area contributed by atoms with Crippen LogP contribution in [0.15, 0.2) is 23.8 Å². The van der Waals surface area contributed by atoms with Gasteiger partial charge in [0.15, 0.2) is 0 Å². The Morgan fingerprint density at radius 2 is 2.24 bits per heavy atom. The van der Waals surface area contributed by atoms with Crippen molar-refractivity contribution in [2.24, 2.45) is 0 Å². The topological polar surface area (TPSA) is 37.3 Å². The van der Waals surface area contributed by atoms with Crippen LogP contribution in [0.1, 0.15) is 37.8 Å². The zero-order valence-electron chi connectivity index (χ0n) is 9.96. The van der Waals surface area contributed by atoms with Crippen molar-refractivity contribution < 1.29 is 9.90 Å². The van der Waals surface area contributed by atoms with Crippen molar-refractivity contribution in [1.82, 2.24) is 0 Å². The number of benzene rings is 1. The van der Waals surface area contributed by atoms with Crippen LogP contribution in [0.25, 0.3) is 6.08 Å². The molecule has 1 aromatic carbocycles. The monoisotopic (exact) mass is 250 g/mol. The standard InChI is InChI=1S/C14H15ClO2/c1-3-14(2)8-10(13(16)17)6-9-4-5-11(15)7-12(9)14/h4-7H,3,8H2,1-2H3,(H,16,17). The van der Waals surface area contributed by atoms with Gasteiger partial charge in [0.25, 0.3) is 0 Å². The smallest absolute Gasteiger partial charge is 0.331 e. The van der Waals surface area contributed by atoms with Gasteiger partial charge in [-0.25, -0.2) is 4.79 Å². The molecule has 0 radical (unpaired) electrons. The van der Waals surface area contributed by atoms with Crippen LogP contribution in [-0.2, 0) is 10.2 Å². The number of carboxylic acid groups (broad SMARTS) is 1. The Bertz CT molecular complexity index is 505. The summed E-state index contributed by atoms with van der Waals surface area (Å²) in [6.45, 7) is 4.17. The molecule has 0 heterocycles. The van der Waals surface area contributed by atoms with Gasteiger partial charge in [-0.1, -0.05) is 31.5 Å². The molecule has 0 amide bonds. The summed E-state index contributed by atoms with van der Waals surface area (Å²) in [4.78, 5) is 11.1. The fraction of sp³-hybridized carbons (Fsp3) is 0.357. The molecule has 17 heavy (non-hydrogen) atoms. The molecule has 1 aliphatic rings.